The molecule has 0 spiro atoms. The topological polar surface area (TPSA) is 103 Å². The first-order valence-electron chi connectivity index (χ1n) is 6.14. The van der Waals surface area contributed by atoms with Crippen molar-refractivity contribution in [2.45, 2.75) is 6.42 Å². The van der Waals surface area contributed by atoms with Gasteiger partial charge in [-0.2, -0.15) is 0 Å². The molecular weight excluding hydrogens is 272 g/mol. The minimum atomic E-state index is -0.893. The lowest BCUT2D eigenvalue weighted by Crippen LogP contribution is -2.14. The fourth-order valence-electron chi connectivity index (χ4n) is 1.96. The highest BCUT2D eigenvalue weighted by Gasteiger charge is 2.19. The average Bonchev–Trinajstić information content (AvgIpc) is 2.47. The predicted molar refractivity (Wildman–Crippen MR) is 76.1 cm³/mol. The molecule has 2 rings (SSSR count). The van der Waals surface area contributed by atoms with Crippen molar-refractivity contribution in [1.29, 1.82) is 0 Å². The molecule has 0 aliphatic rings. The van der Waals surface area contributed by atoms with Crippen LogP contribution in [0.4, 0.5) is 5.69 Å². The summed E-state index contributed by atoms with van der Waals surface area (Å²) in [7, 11) is 0. The molecule has 0 bridgehead atoms. The maximum atomic E-state index is 12.1. The number of amides is 1. The summed E-state index contributed by atoms with van der Waals surface area (Å²) in [4.78, 5) is 33.5. The van der Waals surface area contributed by atoms with E-state index in [1.54, 1.807) is 30.3 Å². The van der Waals surface area contributed by atoms with E-state index in [-0.39, 0.29) is 23.5 Å². The van der Waals surface area contributed by atoms with Crippen molar-refractivity contribution >= 4 is 17.4 Å². The van der Waals surface area contributed by atoms with Crippen LogP contribution in [0.3, 0.4) is 0 Å². The Morgan fingerprint density at radius 1 is 1.10 bits per heavy atom. The van der Waals surface area contributed by atoms with E-state index in [1.807, 2.05) is 0 Å². The molecular formula is C15H12N2O4. The molecule has 6 nitrogen and oxygen atoms in total. The number of hydrogen-bond acceptors (Lipinski definition) is 4. The first-order valence-corrected chi connectivity index (χ1v) is 6.14. The number of carbonyl (C=O) groups is 2. The largest absolute Gasteiger partial charge is 0.365 e. The van der Waals surface area contributed by atoms with Crippen LogP contribution >= 0.6 is 0 Å². The van der Waals surface area contributed by atoms with Gasteiger partial charge in [0.1, 0.15) is 5.56 Å². The third-order valence-electron chi connectivity index (χ3n) is 2.98. The molecule has 2 N–H and O–H groups in total. The summed E-state index contributed by atoms with van der Waals surface area (Å²) in [6, 6.07) is 12.6. The number of Topliss-reactive ketones (excluding diaryl/α,β-unsaturated/α-hetero) is 1. The van der Waals surface area contributed by atoms with Crippen LogP contribution in [0, 0.1) is 10.1 Å². The maximum Gasteiger partial charge on any atom is 0.282 e. The Labute approximate surface area is 120 Å². The number of ketones is 1. The van der Waals surface area contributed by atoms with E-state index >= 15 is 0 Å². The zero-order chi connectivity index (χ0) is 15.4. The molecule has 2 aromatic carbocycles. The number of hydrogen-bond donors (Lipinski definition) is 1. The van der Waals surface area contributed by atoms with Gasteiger partial charge in [-0.15, -0.1) is 0 Å². The van der Waals surface area contributed by atoms with Crippen LogP contribution in [0.25, 0.3) is 0 Å². The van der Waals surface area contributed by atoms with E-state index in [2.05, 4.69) is 0 Å². The van der Waals surface area contributed by atoms with Gasteiger partial charge in [0.05, 0.1) is 4.92 Å². The van der Waals surface area contributed by atoms with Gasteiger partial charge in [-0.25, -0.2) is 0 Å². The third-order valence-corrected chi connectivity index (χ3v) is 2.98. The molecule has 21 heavy (non-hydrogen) atoms. The van der Waals surface area contributed by atoms with Crippen LogP contribution in [0.5, 0.6) is 0 Å². The number of carbonyl (C=O) groups excluding carboxylic acids is 2. The van der Waals surface area contributed by atoms with Gasteiger partial charge in [-0.3, -0.25) is 19.7 Å². The van der Waals surface area contributed by atoms with E-state index in [9.17, 15) is 19.7 Å². The number of nitro groups is 1. The molecule has 6 heteroatoms. The Kier molecular flexibility index (Phi) is 4.08. The number of rotatable bonds is 5. The number of benzene rings is 2. The van der Waals surface area contributed by atoms with E-state index in [0.29, 0.717) is 11.1 Å². The molecule has 0 aromatic heterocycles. The number of nitrogens with zero attached hydrogens (tertiary/aromatic N) is 1. The van der Waals surface area contributed by atoms with Crippen molar-refractivity contribution in [1.82, 2.24) is 0 Å². The van der Waals surface area contributed by atoms with Crippen LogP contribution in [0.2, 0.25) is 0 Å². The smallest absolute Gasteiger partial charge is 0.282 e. The summed E-state index contributed by atoms with van der Waals surface area (Å²) in [6.07, 6.45) is 0.0439. The second-order valence-electron chi connectivity index (χ2n) is 4.44. The summed E-state index contributed by atoms with van der Waals surface area (Å²) in [5, 5.41) is 10.8. The van der Waals surface area contributed by atoms with Crippen molar-refractivity contribution in [2.24, 2.45) is 5.73 Å². The van der Waals surface area contributed by atoms with Gasteiger partial charge >= 0.3 is 0 Å². The average molecular weight is 284 g/mol. The highest BCUT2D eigenvalue weighted by Crippen LogP contribution is 2.20. The summed E-state index contributed by atoms with van der Waals surface area (Å²) < 4.78 is 0. The lowest BCUT2D eigenvalue weighted by Gasteiger charge is -2.04. The fraction of sp³-hybridized carbons (Fsp3) is 0.0667. The molecule has 0 aliphatic heterocycles. The van der Waals surface area contributed by atoms with Gasteiger partial charge in [0.2, 0.25) is 0 Å². The van der Waals surface area contributed by atoms with Gasteiger partial charge in [0, 0.05) is 18.1 Å². The minimum Gasteiger partial charge on any atom is -0.365 e. The predicted octanol–water partition coefficient (Wildman–Crippen LogP) is 2.12. The summed E-state index contributed by atoms with van der Waals surface area (Å²) in [6.45, 7) is 0. The molecule has 0 saturated heterocycles. The minimum absolute atomic E-state index is 0.0439. The van der Waals surface area contributed by atoms with Crippen LogP contribution in [-0.2, 0) is 6.42 Å². The van der Waals surface area contributed by atoms with E-state index in [1.165, 1.54) is 18.2 Å². The van der Waals surface area contributed by atoms with Crippen LogP contribution < -0.4 is 5.73 Å². The number of nitrogens with two attached hydrogens (primary N) is 1. The summed E-state index contributed by atoms with van der Waals surface area (Å²) in [5.41, 5.74) is 5.62. The molecule has 0 heterocycles. The zero-order valence-corrected chi connectivity index (χ0v) is 11.0. The Hall–Kier alpha value is -3.02. The molecule has 0 atom stereocenters. The van der Waals surface area contributed by atoms with Gasteiger partial charge < -0.3 is 5.73 Å². The second-order valence-corrected chi connectivity index (χ2v) is 4.44. The number of primary amides is 1. The molecule has 1 amide bonds. The van der Waals surface area contributed by atoms with Crippen molar-refractivity contribution in [2.75, 3.05) is 0 Å². The monoisotopic (exact) mass is 284 g/mol. The van der Waals surface area contributed by atoms with Gasteiger partial charge in [-0.1, -0.05) is 36.4 Å². The molecule has 0 aliphatic carbocycles. The van der Waals surface area contributed by atoms with Crippen molar-refractivity contribution in [3.05, 3.63) is 75.3 Å². The first kappa shape index (κ1) is 14.4. The van der Waals surface area contributed by atoms with Crippen LogP contribution in [0.15, 0.2) is 48.5 Å². The van der Waals surface area contributed by atoms with Crippen molar-refractivity contribution in [3.8, 4) is 0 Å². The third kappa shape index (κ3) is 3.30. The molecule has 0 fully saturated rings. The van der Waals surface area contributed by atoms with Crippen molar-refractivity contribution < 1.29 is 14.5 Å². The quantitative estimate of drug-likeness (QED) is 0.516. The molecule has 0 radical (unpaired) electrons. The lowest BCUT2D eigenvalue weighted by atomic mass is 10.0. The Balaban J connectivity index is 2.30. The summed E-state index contributed by atoms with van der Waals surface area (Å²) in [5.74, 6) is -1.03. The van der Waals surface area contributed by atoms with Gasteiger partial charge in [0.25, 0.3) is 11.6 Å². The van der Waals surface area contributed by atoms with E-state index < -0.39 is 10.8 Å². The van der Waals surface area contributed by atoms with Crippen LogP contribution in [0.1, 0.15) is 26.3 Å². The highest BCUT2D eigenvalue weighted by molar-refractivity contribution is 5.99. The molecule has 2 aromatic rings. The molecule has 0 unspecified atom stereocenters. The standard InChI is InChI=1S/C15H12N2O4/c16-15(19)12-8-10(6-7-13(12)17(20)21)9-14(18)11-4-2-1-3-5-11/h1-8H,9H2,(H2,16,19). The number of nitro benzene ring substituents is 1. The van der Waals surface area contributed by atoms with Gasteiger partial charge in [0.15, 0.2) is 5.78 Å². The zero-order valence-electron chi connectivity index (χ0n) is 11.0. The Morgan fingerprint density at radius 2 is 1.76 bits per heavy atom. The van der Waals surface area contributed by atoms with Gasteiger partial charge in [-0.05, 0) is 11.6 Å². The van der Waals surface area contributed by atoms with E-state index in [0.717, 1.165) is 0 Å². The second kappa shape index (κ2) is 5.96. The highest BCUT2D eigenvalue weighted by atomic mass is 16.6. The van der Waals surface area contributed by atoms with Crippen molar-refractivity contribution in [3.63, 3.8) is 0 Å². The van der Waals surface area contributed by atoms with Crippen LogP contribution in [-0.4, -0.2) is 16.6 Å². The summed E-state index contributed by atoms with van der Waals surface area (Å²) >= 11 is 0. The first-order chi connectivity index (χ1) is 9.99. The molecule has 0 saturated carbocycles. The normalized spacial score (nSPS) is 10.1. The molecule has 106 valence electrons. The van der Waals surface area contributed by atoms with E-state index in [4.69, 9.17) is 5.73 Å². The lowest BCUT2D eigenvalue weighted by molar-refractivity contribution is -0.385. The Morgan fingerprint density at radius 3 is 2.33 bits per heavy atom. The Bertz CT molecular complexity index is 711. The fourth-order valence-corrected chi connectivity index (χ4v) is 1.96. The maximum absolute atomic E-state index is 12.1. The SMILES string of the molecule is NC(=O)c1cc(CC(=O)c2ccccc2)ccc1[N+](=O)[O-].